The lowest BCUT2D eigenvalue weighted by molar-refractivity contribution is 1.35. The van der Waals surface area contributed by atoms with Crippen LogP contribution in [0.1, 0.15) is 11.1 Å². The molecule has 39 valence electrons. The second-order valence-corrected chi connectivity index (χ2v) is 1.77. The van der Waals surface area contributed by atoms with Crippen molar-refractivity contribution < 1.29 is 0 Å². The maximum absolute atomic E-state index is 3.94. The van der Waals surface area contributed by atoms with Gasteiger partial charge in [0.2, 0.25) is 0 Å². The molecule has 0 bridgehead atoms. The molecule has 0 amide bonds. The van der Waals surface area contributed by atoms with Gasteiger partial charge in [0.1, 0.15) is 6.54 Å². The number of fused-ring (bicyclic) bond motifs is 1. The Morgan fingerprint density at radius 2 is 2.12 bits per heavy atom. The number of nitrogens with zero attached hydrogens (tertiary/aromatic N) is 1. The maximum atomic E-state index is 3.94. The highest BCUT2D eigenvalue weighted by Crippen LogP contribution is 2.13. The Morgan fingerprint density at radius 1 is 1.25 bits per heavy atom. The SMILES string of the molecule is [CH]1N=Cc2c[nH]cc21. The van der Waals surface area contributed by atoms with Crippen LogP contribution < -0.4 is 0 Å². The van der Waals surface area contributed by atoms with Crippen molar-refractivity contribution in [2.45, 2.75) is 0 Å². The van der Waals surface area contributed by atoms with Gasteiger partial charge in [-0.05, 0) is 0 Å². The van der Waals surface area contributed by atoms with Gasteiger partial charge in [-0.15, -0.1) is 0 Å². The highest BCUT2D eigenvalue weighted by molar-refractivity contribution is 5.85. The van der Waals surface area contributed by atoms with E-state index in [0.29, 0.717) is 0 Å². The molecule has 2 nitrogen and oxygen atoms in total. The molecule has 0 aliphatic carbocycles. The van der Waals surface area contributed by atoms with Gasteiger partial charge in [0.25, 0.3) is 0 Å². The van der Waals surface area contributed by atoms with Crippen LogP contribution in [0.4, 0.5) is 0 Å². The van der Waals surface area contributed by atoms with Gasteiger partial charge in [-0.25, -0.2) is 0 Å². The first-order valence-corrected chi connectivity index (χ1v) is 2.50. The molecule has 1 aliphatic heterocycles. The van der Waals surface area contributed by atoms with Crippen molar-refractivity contribution in [3.05, 3.63) is 30.1 Å². The number of H-pyrrole nitrogens is 1. The Morgan fingerprint density at radius 3 is 3.00 bits per heavy atom. The van der Waals surface area contributed by atoms with Gasteiger partial charge in [-0.1, -0.05) is 0 Å². The van der Waals surface area contributed by atoms with Crippen LogP contribution in [0.5, 0.6) is 0 Å². The normalized spacial score (nSPS) is 14.5. The van der Waals surface area contributed by atoms with Crippen LogP contribution in [-0.2, 0) is 0 Å². The Bertz CT molecular complexity index is 222. The molecule has 2 rings (SSSR count). The summed E-state index contributed by atoms with van der Waals surface area (Å²) in [5.41, 5.74) is 2.37. The standard InChI is InChI=1S/C6H5N2/c1-5-2-8-4-6(5)3-7-1/h1-4,7H. The molecule has 0 saturated carbocycles. The zero-order valence-corrected chi connectivity index (χ0v) is 4.26. The molecule has 2 heteroatoms. The number of rotatable bonds is 0. The first-order chi connectivity index (χ1) is 3.97. The molecule has 1 aromatic rings. The summed E-state index contributed by atoms with van der Waals surface area (Å²) in [6.07, 6.45) is 5.70. The fourth-order valence-electron chi connectivity index (χ4n) is 0.809. The van der Waals surface area contributed by atoms with E-state index in [9.17, 15) is 0 Å². The topological polar surface area (TPSA) is 28.1 Å². The molecule has 1 aromatic heterocycles. The number of aliphatic imine (C=N–C) groups is 1. The van der Waals surface area contributed by atoms with E-state index < -0.39 is 0 Å². The summed E-state index contributed by atoms with van der Waals surface area (Å²) < 4.78 is 0. The van der Waals surface area contributed by atoms with E-state index in [4.69, 9.17) is 0 Å². The first-order valence-electron chi connectivity index (χ1n) is 2.50. The monoisotopic (exact) mass is 105 g/mol. The second kappa shape index (κ2) is 1.22. The van der Waals surface area contributed by atoms with Crippen LogP contribution in [0.3, 0.4) is 0 Å². The van der Waals surface area contributed by atoms with Crippen molar-refractivity contribution in [2.75, 3.05) is 0 Å². The molecule has 0 atom stereocenters. The smallest absolute Gasteiger partial charge is 0.104 e. The zero-order chi connectivity index (χ0) is 5.40. The summed E-state index contributed by atoms with van der Waals surface area (Å²) in [7, 11) is 0. The lowest BCUT2D eigenvalue weighted by Gasteiger charge is -1.76. The number of nitrogens with one attached hydrogen (secondary N) is 1. The summed E-state index contributed by atoms with van der Waals surface area (Å²) in [5, 5.41) is 0. The molecule has 0 aromatic carbocycles. The Kier molecular flexibility index (Phi) is 0.592. The van der Waals surface area contributed by atoms with Crippen LogP contribution in [0.2, 0.25) is 0 Å². The lowest BCUT2D eigenvalue weighted by Crippen LogP contribution is -1.68. The molecule has 0 fully saturated rings. The third-order valence-electron chi connectivity index (χ3n) is 1.24. The van der Waals surface area contributed by atoms with E-state index in [1.165, 1.54) is 11.1 Å². The summed E-state index contributed by atoms with van der Waals surface area (Å²) in [6, 6.07) is 0. The van der Waals surface area contributed by atoms with E-state index in [0.717, 1.165) is 0 Å². The Hall–Kier alpha value is -1.05. The third-order valence-corrected chi connectivity index (χ3v) is 1.24. The van der Waals surface area contributed by atoms with Gasteiger partial charge >= 0.3 is 0 Å². The molecule has 0 unspecified atom stereocenters. The average molecular weight is 105 g/mol. The van der Waals surface area contributed by atoms with E-state index in [1.54, 1.807) is 0 Å². The molecule has 8 heavy (non-hydrogen) atoms. The van der Waals surface area contributed by atoms with Gasteiger partial charge < -0.3 is 4.98 Å². The van der Waals surface area contributed by atoms with E-state index in [1.807, 2.05) is 25.2 Å². The van der Waals surface area contributed by atoms with Crippen molar-refractivity contribution in [2.24, 2.45) is 4.99 Å². The average Bonchev–Trinajstić information content (AvgIpc) is 2.15. The van der Waals surface area contributed by atoms with Crippen LogP contribution >= 0.6 is 0 Å². The molecule has 0 saturated heterocycles. The highest BCUT2D eigenvalue weighted by Gasteiger charge is 2.04. The number of hydrogen-bond acceptors (Lipinski definition) is 1. The van der Waals surface area contributed by atoms with Gasteiger partial charge in [0.05, 0.1) is 0 Å². The summed E-state index contributed by atoms with van der Waals surface area (Å²) in [4.78, 5) is 6.92. The predicted octanol–water partition coefficient (Wildman–Crippen LogP) is 0.957. The van der Waals surface area contributed by atoms with Crippen LogP contribution in [0.15, 0.2) is 17.4 Å². The molecular weight excluding hydrogens is 100 g/mol. The Labute approximate surface area is 47.3 Å². The van der Waals surface area contributed by atoms with Gasteiger partial charge in [0, 0.05) is 29.7 Å². The van der Waals surface area contributed by atoms with Crippen molar-refractivity contribution in [1.82, 2.24) is 4.98 Å². The van der Waals surface area contributed by atoms with Crippen molar-refractivity contribution in [3.8, 4) is 0 Å². The fraction of sp³-hybridized carbons (Fsp3) is 0. The Balaban J connectivity index is 2.67. The molecular formula is C6H5N2. The summed E-state index contributed by atoms with van der Waals surface area (Å²) in [6.45, 7) is 1.84. The largest absolute Gasteiger partial charge is 0.367 e. The molecule has 1 N–H and O–H groups in total. The molecule has 1 radical (unpaired) electrons. The zero-order valence-electron chi connectivity index (χ0n) is 4.26. The van der Waals surface area contributed by atoms with E-state index in [-0.39, 0.29) is 0 Å². The van der Waals surface area contributed by atoms with Crippen molar-refractivity contribution >= 4 is 6.21 Å². The summed E-state index contributed by atoms with van der Waals surface area (Å²) in [5.74, 6) is 0. The van der Waals surface area contributed by atoms with E-state index >= 15 is 0 Å². The second-order valence-electron chi connectivity index (χ2n) is 1.77. The van der Waals surface area contributed by atoms with Crippen LogP contribution in [-0.4, -0.2) is 11.2 Å². The molecule has 1 aliphatic rings. The predicted molar refractivity (Wildman–Crippen MR) is 31.8 cm³/mol. The minimum atomic E-state index is 1.19. The molecule has 2 heterocycles. The lowest BCUT2D eigenvalue weighted by atomic mass is 10.2. The van der Waals surface area contributed by atoms with Gasteiger partial charge in [0.15, 0.2) is 0 Å². The van der Waals surface area contributed by atoms with Crippen molar-refractivity contribution in [3.63, 3.8) is 0 Å². The van der Waals surface area contributed by atoms with Crippen molar-refractivity contribution in [1.29, 1.82) is 0 Å². The van der Waals surface area contributed by atoms with Gasteiger partial charge in [-0.3, -0.25) is 4.99 Å². The molecule has 0 spiro atoms. The minimum Gasteiger partial charge on any atom is -0.367 e. The third kappa shape index (κ3) is 0.346. The fourth-order valence-corrected chi connectivity index (χ4v) is 0.809. The van der Waals surface area contributed by atoms with Crippen LogP contribution in [0.25, 0.3) is 0 Å². The number of aromatic amines is 1. The highest BCUT2D eigenvalue weighted by atomic mass is 14.8. The van der Waals surface area contributed by atoms with Gasteiger partial charge in [-0.2, -0.15) is 0 Å². The quantitative estimate of drug-likeness (QED) is 0.509. The van der Waals surface area contributed by atoms with E-state index in [2.05, 4.69) is 9.98 Å². The summed E-state index contributed by atoms with van der Waals surface area (Å²) >= 11 is 0. The minimum absolute atomic E-state index is 1.19. The number of hydrogen-bond donors (Lipinski definition) is 1. The maximum Gasteiger partial charge on any atom is 0.104 e. The number of aromatic nitrogens is 1. The van der Waals surface area contributed by atoms with Crippen LogP contribution in [0, 0.1) is 6.54 Å². The first kappa shape index (κ1) is 3.89.